The number of hydrogen-bond donors (Lipinski definition) is 2. The van der Waals surface area contributed by atoms with E-state index in [9.17, 15) is 4.79 Å². The van der Waals surface area contributed by atoms with Crippen LogP contribution < -0.4 is 5.32 Å². The first kappa shape index (κ1) is 15.0. The summed E-state index contributed by atoms with van der Waals surface area (Å²) in [4.78, 5) is 12.0. The number of benzene rings is 1. The highest BCUT2D eigenvalue weighted by atomic mass is 35.5. The van der Waals surface area contributed by atoms with E-state index in [1.54, 1.807) is 0 Å². The van der Waals surface area contributed by atoms with Crippen LogP contribution >= 0.6 is 11.6 Å². The molecule has 0 saturated heterocycles. The third-order valence-electron chi connectivity index (χ3n) is 2.76. The Hall–Kier alpha value is -1.06. The third-order valence-corrected chi connectivity index (χ3v) is 3.43. The van der Waals surface area contributed by atoms with Gasteiger partial charge in [-0.2, -0.15) is 0 Å². The van der Waals surface area contributed by atoms with Crippen molar-refractivity contribution in [2.24, 2.45) is 5.41 Å². The molecule has 1 aromatic carbocycles. The molecule has 1 rings (SSSR count). The molecule has 1 amide bonds. The van der Waals surface area contributed by atoms with Gasteiger partial charge in [-0.1, -0.05) is 12.1 Å². The maximum absolute atomic E-state index is 12.0. The van der Waals surface area contributed by atoms with Crippen molar-refractivity contribution in [3.05, 3.63) is 29.8 Å². The number of aryl methyl sites for hydroxylation is 1. The monoisotopic (exact) mass is 269 g/mol. The zero-order valence-corrected chi connectivity index (χ0v) is 11.6. The molecule has 0 unspecified atom stereocenters. The zero-order chi connectivity index (χ0) is 13.6. The van der Waals surface area contributed by atoms with Gasteiger partial charge in [-0.15, -0.1) is 11.6 Å². The van der Waals surface area contributed by atoms with Gasteiger partial charge < -0.3 is 10.4 Å². The smallest absolute Gasteiger partial charge is 0.231 e. The van der Waals surface area contributed by atoms with Gasteiger partial charge in [0.05, 0.1) is 5.41 Å². The third kappa shape index (κ3) is 4.31. The van der Waals surface area contributed by atoms with Crippen molar-refractivity contribution in [1.29, 1.82) is 0 Å². The lowest BCUT2D eigenvalue weighted by Crippen LogP contribution is -2.32. The number of halogens is 1. The summed E-state index contributed by atoms with van der Waals surface area (Å²) in [6, 6.07) is 7.66. The van der Waals surface area contributed by atoms with Gasteiger partial charge >= 0.3 is 0 Å². The predicted octanol–water partition coefficient (Wildman–Crippen LogP) is 2.82. The second kappa shape index (κ2) is 6.76. The summed E-state index contributed by atoms with van der Waals surface area (Å²) < 4.78 is 0. The Labute approximate surface area is 113 Å². The molecule has 4 heteroatoms. The Morgan fingerprint density at radius 1 is 1.44 bits per heavy atom. The highest BCUT2D eigenvalue weighted by Gasteiger charge is 2.26. The fraction of sp³-hybridized carbons (Fsp3) is 0.500. The van der Waals surface area contributed by atoms with Crippen LogP contribution in [0.3, 0.4) is 0 Å². The minimum Gasteiger partial charge on any atom is -0.396 e. The first-order valence-corrected chi connectivity index (χ1v) is 6.60. The maximum Gasteiger partial charge on any atom is 0.231 e. The fourth-order valence-corrected chi connectivity index (χ4v) is 1.57. The summed E-state index contributed by atoms with van der Waals surface area (Å²) in [6.07, 6.45) is 1.53. The van der Waals surface area contributed by atoms with Gasteiger partial charge in [0.15, 0.2) is 0 Å². The molecule has 0 aliphatic heterocycles. The Morgan fingerprint density at radius 3 is 2.78 bits per heavy atom. The normalized spacial score (nSPS) is 11.3. The number of rotatable bonds is 6. The van der Waals surface area contributed by atoms with Crippen LogP contribution in [-0.2, 0) is 11.2 Å². The number of nitrogens with one attached hydrogen (secondary N) is 1. The first-order chi connectivity index (χ1) is 8.49. The number of amides is 1. The van der Waals surface area contributed by atoms with Crippen molar-refractivity contribution < 1.29 is 9.90 Å². The number of hydrogen-bond acceptors (Lipinski definition) is 2. The van der Waals surface area contributed by atoms with Gasteiger partial charge in [-0.25, -0.2) is 0 Å². The Balaban J connectivity index is 2.70. The van der Waals surface area contributed by atoms with E-state index in [-0.39, 0.29) is 18.4 Å². The lowest BCUT2D eigenvalue weighted by molar-refractivity contribution is -0.122. The van der Waals surface area contributed by atoms with E-state index in [0.717, 1.165) is 24.1 Å². The van der Waals surface area contributed by atoms with Crippen molar-refractivity contribution in [3.63, 3.8) is 0 Å². The van der Waals surface area contributed by atoms with Gasteiger partial charge in [0.25, 0.3) is 0 Å². The molecule has 0 atom stereocenters. The van der Waals surface area contributed by atoms with Crippen molar-refractivity contribution in [2.45, 2.75) is 26.7 Å². The van der Waals surface area contributed by atoms with E-state index in [2.05, 4.69) is 5.32 Å². The summed E-state index contributed by atoms with van der Waals surface area (Å²) in [7, 11) is 0. The average Bonchev–Trinajstić information content (AvgIpc) is 2.36. The van der Waals surface area contributed by atoms with Crippen LogP contribution in [0.2, 0.25) is 0 Å². The predicted molar refractivity (Wildman–Crippen MR) is 75.0 cm³/mol. The molecule has 0 radical (unpaired) electrons. The van der Waals surface area contributed by atoms with Gasteiger partial charge in [0.1, 0.15) is 0 Å². The molecule has 0 spiro atoms. The highest BCUT2D eigenvalue weighted by Crippen LogP contribution is 2.21. The number of anilines is 1. The van der Waals surface area contributed by atoms with Crippen LogP contribution in [0, 0.1) is 5.41 Å². The van der Waals surface area contributed by atoms with Crippen molar-refractivity contribution in [2.75, 3.05) is 17.8 Å². The van der Waals surface area contributed by atoms with Gasteiger partial charge in [0, 0.05) is 18.2 Å². The standard InChI is InChI=1S/C14H20ClNO2/c1-14(2,10-15)13(18)16-12-7-3-5-11(9-12)6-4-8-17/h3,5,7,9,17H,4,6,8,10H2,1-2H3,(H,16,18). The summed E-state index contributed by atoms with van der Waals surface area (Å²) in [5.41, 5.74) is 1.29. The van der Waals surface area contributed by atoms with Crippen molar-refractivity contribution in [1.82, 2.24) is 0 Å². The number of carbonyl (C=O) groups excluding carboxylic acids is 1. The second-order valence-corrected chi connectivity index (χ2v) is 5.27. The van der Waals surface area contributed by atoms with Crippen LogP contribution in [0.5, 0.6) is 0 Å². The number of aliphatic hydroxyl groups is 1. The molecular weight excluding hydrogens is 250 g/mol. The van der Waals surface area contributed by atoms with E-state index in [0.29, 0.717) is 0 Å². The van der Waals surface area contributed by atoms with Gasteiger partial charge in [0.2, 0.25) is 5.91 Å². The maximum atomic E-state index is 12.0. The minimum absolute atomic E-state index is 0.0863. The molecule has 0 fully saturated rings. The zero-order valence-electron chi connectivity index (χ0n) is 10.9. The molecule has 18 heavy (non-hydrogen) atoms. The Kier molecular flexibility index (Phi) is 5.63. The summed E-state index contributed by atoms with van der Waals surface area (Å²) in [5.74, 6) is 0.195. The van der Waals surface area contributed by atoms with E-state index in [4.69, 9.17) is 16.7 Å². The Bertz CT molecular complexity index is 405. The molecule has 0 heterocycles. The largest absolute Gasteiger partial charge is 0.396 e. The lowest BCUT2D eigenvalue weighted by Gasteiger charge is -2.20. The van der Waals surface area contributed by atoms with Crippen LogP contribution in [0.25, 0.3) is 0 Å². The topological polar surface area (TPSA) is 49.3 Å². The van der Waals surface area contributed by atoms with E-state index in [1.165, 1.54) is 0 Å². The molecular formula is C14H20ClNO2. The molecule has 0 aliphatic rings. The highest BCUT2D eigenvalue weighted by molar-refractivity contribution is 6.20. The fourth-order valence-electron chi connectivity index (χ4n) is 1.45. The number of carbonyl (C=O) groups is 1. The van der Waals surface area contributed by atoms with Crippen LogP contribution in [-0.4, -0.2) is 23.5 Å². The van der Waals surface area contributed by atoms with Gasteiger partial charge in [-0.3, -0.25) is 4.79 Å². The van der Waals surface area contributed by atoms with E-state index < -0.39 is 5.41 Å². The molecule has 0 aromatic heterocycles. The van der Waals surface area contributed by atoms with E-state index >= 15 is 0 Å². The van der Waals surface area contributed by atoms with Gasteiger partial charge in [-0.05, 0) is 44.4 Å². The molecule has 0 aliphatic carbocycles. The summed E-state index contributed by atoms with van der Waals surface area (Å²) in [6.45, 7) is 3.80. The van der Waals surface area contributed by atoms with Crippen molar-refractivity contribution in [3.8, 4) is 0 Å². The number of aliphatic hydroxyl groups excluding tert-OH is 1. The first-order valence-electron chi connectivity index (χ1n) is 6.07. The molecule has 100 valence electrons. The van der Waals surface area contributed by atoms with Crippen LogP contribution in [0.15, 0.2) is 24.3 Å². The summed E-state index contributed by atoms with van der Waals surface area (Å²) >= 11 is 5.77. The van der Waals surface area contributed by atoms with E-state index in [1.807, 2.05) is 38.1 Å². The second-order valence-electron chi connectivity index (χ2n) is 5.00. The minimum atomic E-state index is -0.581. The van der Waals surface area contributed by atoms with Crippen molar-refractivity contribution >= 4 is 23.2 Å². The molecule has 2 N–H and O–H groups in total. The average molecular weight is 270 g/mol. The SMILES string of the molecule is CC(C)(CCl)C(=O)Nc1cccc(CCCO)c1. The van der Waals surface area contributed by atoms with Crippen LogP contribution in [0.4, 0.5) is 5.69 Å². The lowest BCUT2D eigenvalue weighted by atomic mass is 9.95. The molecule has 0 saturated carbocycles. The van der Waals surface area contributed by atoms with Crippen LogP contribution in [0.1, 0.15) is 25.8 Å². The Morgan fingerprint density at radius 2 is 2.17 bits per heavy atom. The summed E-state index contributed by atoms with van der Waals surface area (Å²) in [5, 5.41) is 11.7. The molecule has 1 aromatic rings. The molecule has 0 bridgehead atoms. The molecule has 3 nitrogen and oxygen atoms in total. The number of alkyl halides is 1. The quantitative estimate of drug-likeness (QED) is 0.780.